The highest BCUT2D eigenvalue weighted by atomic mass is 35.5. The zero-order valence-electron chi connectivity index (χ0n) is 17.6. The first kappa shape index (κ1) is 21.5. The summed E-state index contributed by atoms with van der Waals surface area (Å²) in [6, 6.07) is 5.88. The van der Waals surface area contributed by atoms with E-state index >= 15 is 0 Å². The van der Waals surface area contributed by atoms with Crippen molar-refractivity contribution >= 4 is 40.1 Å². The highest BCUT2D eigenvalue weighted by Gasteiger charge is 2.55. The second-order valence-corrected chi connectivity index (χ2v) is 8.97. The summed E-state index contributed by atoms with van der Waals surface area (Å²) < 4.78 is 15.6. The maximum absolute atomic E-state index is 14.2. The van der Waals surface area contributed by atoms with Gasteiger partial charge in [-0.3, -0.25) is 24.0 Å². The fourth-order valence-electron chi connectivity index (χ4n) is 4.80. The molecule has 1 aliphatic heterocycles. The second kappa shape index (κ2) is 8.22. The summed E-state index contributed by atoms with van der Waals surface area (Å²) in [5, 5.41) is 4.71. The van der Waals surface area contributed by atoms with Crippen molar-refractivity contribution in [3.8, 4) is 0 Å². The minimum absolute atomic E-state index is 0.0239. The predicted octanol–water partition coefficient (Wildman–Crippen LogP) is 2.51. The summed E-state index contributed by atoms with van der Waals surface area (Å²) in [5.41, 5.74) is 6.42. The second-order valence-electron chi connectivity index (χ2n) is 8.56. The number of aromatic nitrogens is 3. The molecular formula is C23H21ClFN5O3. The van der Waals surface area contributed by atoms with Crippen LogP contribution in [-0.2, 0) is 22.6 Å². The number of amides is 2. The number of fused-ring (bicyclic) bond motifs is 2. The molecule has 1 saturated carbocycles. The average Bonchev–Trinajstić information content (AvgIpc) is 3.30. The number of halogens is 2. The van der Waals surface area contributed by atoms with Crippen molar-refractivity contribution in [1.82, 2.24) is 19.7 Å². The van der Waals surface area contributed by atoms with Gasteiger partial charge in [-0.15, -0.1) is 0 Å². The third-order valence-corrected chi connectivity index (χ3v) is 6.80. The first-order chi connectivity index (χ1) is 15.8. The smallest absolute Gasteiger partial charge is 0.269 e. The van der Waals surface area contributed by atoms with Crippen LogP contribution in [0.1, 0.15) is 35.3 Å². The molecule has 1 aliphatic carbocycles. The van der Waals surface area contributed by atoms with Crippen LogP contribution < -0.4 is 5.73 Å². The number of carbonyl (C=O) groups is 3. The van der Waals surface area contributed by atoms with Gasteiger partial charge in [-0.2, -0.15) is 5.10 Å². The van der Waals surface area contributed by atoms with Crippen molar-refractivity contribution in [2.24, 2.45) is 11.7 Å². The van der Waals surface area contributed by atoms with E-state index in [-0.39, 0.29) is 47.8 Å². The Balaban J connectivity index is 1.33. The van der Waals surface area contributed by atoms with Crippen LogP contribution in [0.15, 0.2) is 36.7 Å². The summed E-state index contributed by atoms with van der Waals surface area (Å²) >= 11 is 5.83. The number of nitrogens with zero attached hydrogens (tertiary/aromatic N) is 4. The zero-order chi connectivity index (χ0) is 23.3. The Labute approximate surface area is 193 Å². The Kier molecular flexibility index (Phi) is 5.36. The summed E-state index contributed by atoms with van der Waals surface area (Å²) in [5.74, 6) is -1.25. The lowest BCUT2D eigenvalue weighted by Gasteiger charge is -2.27. The van der Waals surface area contributed by atoms with Crippen molar-refractivity contribution in [1.29, 1.82) is 0 Å². The van der Waals surface area contributed by atoms with Gasteiger partial charge in [0.1, 0.15) is 12.4 Å². The summed E-state index contributed by atoms with van der Waals surface area (Å²) in [4.78, 5) is 43.7. The number of likely N-dealkylation sites (tertiary alicyclic amines) is 1. The van der Waals surface area contributed by atoms with E-state index in [1.807, 2.05) is 0 Å². The predicted molar refractivity (Wildman–Crippen MR) is 118 cm³/mol. The third-order valence-electron chi connectivity index (χ3n) is 6.51. The molecule has 2 aliphatic rings. The van der Waals surface area contributed by atoms with Crippen LogP contribution in [0.4, 0.5) is 4.39 Å². The molecule has 1 saturated heterocycles. The average molecular weight is 470 g/mol. The maximum atomic E-state index is 14.2. The molecule has 2 amide bonds. The molecule has 1 aromatic carbocycles. The van der Waals surface area contributed by atoms with Gasteiger partial charge in [-0.05, 0) is 42.9 Å². The van der Waals surface area contributed by atoms with Crippen LogP contribution in [0.3, 0.4) is 0 Å². The van der Waals surface area contributed by atoms with E-state index < -0.39 is 17.8 Å². The van der Waals surface area contributed by atoms with Crippen LogP contribution in [0.25, 0.3) is 10.9 Å². The van der Waals surface area contributed by atoms with Gasteiger partial charge in [0.25, 0.3) is 5.91 Å². The molecule has 10 heteroatoms. The standard InChI is InChI=1S/C23H21ClFN5O3/c24-15-3-1-2-12(21(15)25)4-5-19(31)18-9-13-8-17(13)30(18)20(32)11-29-16-6-7-27-10-14(16)22(28-29)23(26)33/h1-3,6-7,10,13,17-18H,4-5,8-9,11H2,(H2,26,33)/t13-,17-,18+/m1/s1. The number of ketones is 1. The topological polar surface area (TPSA) is 111 Å². The van der Waals surface area contributed by atoms with Crippen LogP contribution >= 0.6 is 11.6 Å². The van der Waals surface area contributed by atoms with E-state index in [1.165, 1.54) is 16.9 Å². The van der Waals surface area contributed by atoms with Crippen LogP contribution in [0, 0.1) is 11.7 Å². The number of rotatable bonds is 7. The Morgan fingerprint density at radius 1 is 1.21 bits per heavy atom. The first-order valence-electron chi connectivity index (χ1n) is 10.7. The SMILES string of the molecule is NC(=O)c1nn(CC(=O)N2[C@@H]3C[C@@H]3C[C@H]2C(=O)CCc2cccc(Cl)c2F)c2ccncc12. The molecule has 33 heavy (non-hydrogen) atoms. The largest absolute Gasteiger partial charge is 0.364 e. The summed E-state index contributed by atoms with van der Waals surface area (Å²) in [6.45, 7) is -0.121. The molecule has 0 unspecified atom stereocenters. The normalized spacial score (nSPS) is 21.3. The lowest BCUT2D eigenvalue weighted by atomic mass is 10.00. The molecule has 170 valence electrons. The lowest BCUT2D eigenvalue weighted by molar-refractivity contribution is -0.139. The molecule has 0 radical (unpaired) electrons. The third kappa shape index (κ3) is 3.86. The van der Waals surface area contributed by atoms with Crippen molar-refractivity contribution in [2.75, 3.05) is 0 Å². The molecule has 3 aromatic rings. The monoisotopic (exact) mass is 469 g/mol. The minimum Gasteiger partial charge on any atom is -0.364 e. The molecule has 2 fully saturated rings. The Morgan fingerprint density at radius 2 is 2.03 bits per heavy atom. The van der Waals surface area contributed by atoms with Crippen LogP contribution in [0.5, 0.6) is 0 Å². The quantitative estimate of drug-likeness (QED) is 0.571. The fraction of sp³-hybridized carbons (Fsp3) is 0.348. The molecule has 3 atom stereocenters. The Hall–Kier alpha value is -3.33. The maximum Gasteiger partial charge on any atom is 0.269 e. The van der Waals surface area contributed by atoms with Gasteiger partial charge in [-0.25, -0.2) is 4.39 Å². The van der Waals surface area contributed by atoms with E-state index in [9.17, 15) is 18.8 Å². The van der Waals surface area contributed by atoms with Gasteiger partial charge >= 0.3 is 0 Å². The van der Waals surface area contributed by atoms with Gasteiger partial charge in [0.15, 0.2) is 11.5 Å². The molecule has 0 bridgehead atoms. The molecule has 2 N–H and O–H groups in total. The number of benzene rings is 1. The lowest BCUT2D eigenvalue weighted by Crippen LogP contribution is -2.44. The van der Waals surface area contributed by atoms with Gasteiger partial charge in [-0.1, -0.05) is 23.7 Å². The van der Waals surface area contributed by atoms with E-state index in [4.69, 9.17) is 17.3 Å². The number of pyridine rings is 1. The first-order valence-corrected chi connectivity index (χ1v) is 11.1. The number of carbonyl (C=O) groups excluding carboxylic acids is 3. The number of Topliss-reactive ketones (excluding diaryl/α,β-unsaturated/α-hetero) is 1. The van der Waals surface area contributed by atoms with Crippen LogP contribution in [0.2, 0.25) is 5.02 Å². The molecule has 3 heterocycles. The van der Waals surface area contributed by atoms with E-state index in [0.29, 0.717) is 28.8 Å². The van der Waals surface area contributed by atoms with E-state index in [1.54, 1.807) is 29.3 Å². The summed E-state index contributed by atoms with van der Waals surface area (Å²) in [7, 11) is 0. The van der Waals surface area contributed by atoms with Crippen molar-refractivity contribution < 1.29 is 18.8 Å². The molecular weight excluding hydrogens is 449 g/mol. The van der Waals surface area contributed by atoms with Gasteiger partial charge in [0.2, 0.25) is 5.91 Å². The zero-order valence-corrected chi connectivity index (χ0v) is 18.3. The molecule has 2 aromatic heterocycles. The number of hydrogen-bond acceptors (Lipinski definition) is 5. The Bertz CT molecular complexity index is 1290. The Morgan fingerprint density at radius 3 is 2.82 bits per heavy atom. The van der Waals surface area contributed by atoms with Crippen molar-refractivity contribution in [3.63, 3.8) is 0 Å². The molecule has 8 nitrogen and oxygen atoms in total. The van der Waals surface area contributed by atoms with Crippen molar-refractivity contribution in [3.05, 3.63) is 58.8 Å². The number of primary amides is 1. The highest BCUT2D eigenvalue weighted by Crippen LogP contribution is 2.48. The number of aryl methyl sites for hydroxylation is 1. The van der Waals surface area contributed by atoms with Gasteiger partial charge < -0.3 is 10.6 Å². The minimum atomic E-state index is -0.705. The van der Waals surface area contributed by atoms with E-state index in [2.05, 4.69) is 10.1 Å². The van der Waals surface area contributed by atoms with Gasteiger partial charge in [0, 0.05) is 24.9 Å². The van der Waals surface area contributed by atoms with Gasteiger partial charge in [0.05, 0.1) is 22.0 Å². The van der Waals surface area contributed by atoms with Crippen molar-refractivity contribution in [2.45, 2.75) is 44.3 Å². The number of hydrogen-bond donors (Lipinski definition) is 1. The number of nitrogens with two attached hydrogens (primary N) is 1. The molecule has 0 spiro atoms. The molecule has 5 rings (SSSR count). The highest BCUT2D eigenvalue weighted by molar-refractivity contribution is 6.30. The fourth-order valence-corrected chi connectivity index (χ4v) is 5.00. The number of piperidine rings is 1. The summed E-state index contributed by atoms with van der Waals surface area (Å²) in [6.07, 6.45) is 4.85. The van der Waals surface area contributed by atoms with E-state index in [0.717, 1.165) is 6.42 Å². The van der Waals surface area contributed by atoms with Crippen LogP contribution in [-0.4, -0.2) is 49.3 Å².